The van der Waals surface area contributed by atoms with E-state index in [-0.39, 0.29) is 11.3 Å². The Kier molecular flexibility index (Phi) is 9.24. The number of methoxy groups -OCH3 is 2. The van der Waals surface area contributed by atoms with Gasteiger partial charge in [0.05, 0.1) is 18.4 Å². The molecule has 41 heavy (non-hydrogen) atoms. The maximum absolute atomic E-state index is 13.6. The number of carbonyl (C=O) groups is 1. The van der Waals surface area contributed by atoms with Crippen LogP contribution in [0.3, 0.4) is 0 Å². The van der Waals surface area contributed by atoms with E-state index >= 15 is 0 Å². The van der Waals surface area contributed by atoms with Crippen molar-refractivity contribution in [1.82, 2.24) is 14.9 Å². The summed E-state index contributed by atoms with van der Waals surface area (Å²) >= 11 is 6.58. The minimum atomic E-state index is -0.973. The number of benzene rings is 2. The van der Waals surface area contributed by atoms with E-state index in [9.17, 15) is 10.0 Å². The molecule has 1 amide bonds. The highest BCUT2D eigenvalue weighted by atomic mass is 35.5. The topological polar surface area (TPSA) is 102 Å². The summed E-state index contributed by atoms with van der Waals surface area (Å²) in [6.45, 7) is 7.79. The van der Waals surface area contributed by atoms with Gasteiger partial charge in [-0.2, -0.15) is 0 Å². The van der Waals surface area contributed by atoms with Gasteiger partial charge in [-0.25, -0.2) is 4.98 Å². The molecule has 0 saturated carbocycles. The number of likely N-dealkylation sites (N-methyl/N-ethyl adjacent to an activating group) is 1. The molecule has 1 aliphatic rings. The summed E-state index contributed by atoms with van der Waals surface area (Å²) in [5.41, 5.74) is 3.75. The predicted octanol–water partition coefficient (Wildman–Crippen LogP) is 6.22. The molecule has 2 heterocycles. The van der Waals surface area contributed by atoms with E-state index in [1.165, 1.54) is 14.2 Å². The van der Waals surface area contributed by atoms with E-state index in [4.69, 9.17) is 21.1 Å². The zero-order valence-corrected chi connectivity index (χ0v) is 25.3. The second kappa shape index (κ2) is 12.5. The number of anilines is 2. The molecule has 0 saturated heterocycles. The van der Waals surface area contributed by atoms with Gasteiger partial charge in [-0.3, -0.25) is 4.79 Å². The molecule has 10 heteroatoms. The van der Waals surface area contributed by atoms with Gasteiger partial charge in [0, 0.05) is 47.7 Å². The number of nitrogens with one attached hydrogen (secondary N) is 2. The molecule has 218 valence electrons. The molecular weight excluding hydrogens is 542 g/mol. The Morgan fingerprint density at radius 3 is 2.54 bits per heavy atom. The molecular formula is C31H37ClN5O4-. The van der Waals surface area contributed by atoms with Crippen LogP contribution in [0.2, 0.25) is 5.02 Å². The van der Waals surface area contributed by atoms with Crippen molar-refractivity contribution < 1.29 is 14.3 Å². The molecule has 0 fully saturated rings. The number of ether oxygens (including phenoxy) is 2. The first-order valence-corrected chi connectivity index (χ1v) is 13.7. The maximum Gasteiger partial charge on any atom is 0.259 e. The van der Waals surface area contributed by atoms with Crippen molar-refractivity contribution in [2.45, 2.75) is 32.4 Å². The molecule has 0 radical (unpaired) electrons. The first kappa shape index (κ1) is 30.3. The first-order chi connectivity index (χ1) is 19.4. The normalized spacial score (nSPS) is 14.9. The Balaban J connectivity index is 1.65. The lowest BCUT2D eigenvalue weighted by molar-refractivity contribution is 0.0185. The molecule has 1 atom stereocenters. The lowest BCUT2D eigenvalue weighted by atomic mass is 9.86. The van der Waals surface area contributed by atoms with Crippen molar-refractivity contribution in [3.8, 4) is 5.75 Å². The van der Waals surface area contributed by atoms with Crippen LogP contribution in [0.15, 0.2) is 48.5 Å². The number of hydroxylamine groups is 2. The lowest BCUT2D eigenvalue weighted by Gasteiger charge is -2.43. The van der Waals surface area contributed by atoms with Crippen LogP contribution in [0.5, 0.6) is 5.75 Å². The third kappa shape index (κ3) is 6.82. The minimum absolute atomic E-state index is 0.147. The first-order valence-electron chi connectivity index (χ1n) is 13.3. The van der Waals surface area contributed by atoms with Gasteiger partial charge in [-0.15, -0.1) is 0 Å². The Morgan fingerprint density at radius 2 is 1.88 bits per heavy atom. The summed E-state index contributed by atoms with van der Waals surface area (Å²) < 4.78 is 11.0. The molecule has 0 spiro atoms. The minimum Gasteiger partial charge on any atom is -0.756 e. The van der Waals surface area contributed by atoms with Gasteiger partial charge < -0.3 is 35.3 Å². The number of carbonyl (C=O) groups excluding carboxylic acids is 1. The molecule has 0 bridgehead atoms. The SMILES string of the molecule is COc1ccc(C(C)(C)C)cc1C(=O)Nc1ccc(Cl)c(C2=Cc3ccc(NCCN(C)C)nc3C(OC)N2[O-])c1. The summed E-state index contributed by atoms with van der Waals surface area (Å²) in [5, 5.41) is 20.9. The second-order valence-corrected chi connectivity index (χ2v) is 11.6. The van der Waals surface area contributed by atoms with Crippen LogP contribution in [0, 0.1) is 5.21 Å². The van der Waals surface area contributed by atoms with Crippen molar-refractivity contribution in [3.05, 3.63) is 86.7 Å². The fourth-order valence-corrected chi connectivity index (χ4v) is 4.73. The quantitative estimate of drug-likeness (QED) is 0.308. The molecule has 2 N–H and O–H groups in total. The number of halogens is 1. The summed E-state index contributed by atoms with van der Waals surface area (Å²) in [7, 11) is 6.99. The van der Waals surface area contributed by atoms with Gasteiger partial charge in [-0.1, -0.05) is 38.4 Å². The summed E-state index contributed by atoms with van der Waals surface area (Å²) in [6.07, 6.45) is 0.760. The van der Waals surface area contributed by atoms with Crippen LogP contribution in [-0.2, 0) is 10.2 Å². The molecule has 3 aromatic rings. The Labute approximate surface area is 246 Å². The van der Waals surface area contributed by atoms with Gasteiger partial charge in [0.15, 0.2) is 6.23 Å². The van der Waals surface area contributed by atoms with Crippen molar-refractivity contribution >= 4 is 40.8 Å². The van der Waals surface area contributed by atoms with Crippen LogP contribution < -0.4 is 15.4 Å². The van der Waals surface area contributed by atoms with Crippen LogP contribution in [-0.4, -0.2) is 62.3 Å². The van der Waals surface area contributed by atoms with Crippen molar-refractivity contribution in [2.75, 3.05) is 52.0 Å². The Bertz CT molecular complexity index is 1450. The monoisotopic (exact) mass is 578 g/mol. The van der Waals surface area contributed by atoms with Crippen molar-refractivity contribution in [3.63, 3.8) is 0 Å². The standard InChI is InChI=1S/C31H37ClN5O4/c1-31(2,3)20-9-12-26(40-6)23(17-20)29(38)34-21-10-11-24(32)22(18-21)25-16-19-8-13-27(33-14-15-36(4)5)35-28(19)30(41-7)37(25)39/h8-13,16-18,30H,14-15H2,1-7H3,(H,33,35)(H,34,38)/q-1. The third-order valence-corrected chi connectivity index (χ3v) is 7.16. The maximum atomic E-state index is 13.6. The van der Waals surface area contributed by atoms with Crippen molar-refractivity contribution in [2.24, 2.45) is 0 Å². The zero-order chi connectivity index (χ0) is 29.9. The summed E-state index contributed by atoms with van der Waals surface area (Å²) in [5.74, 6) is 0.788. The number of nitrogens with zero attached hydrogens (tertiary/aromatic N) is 3. The average molecular weight is 579 g/mol. The van der Waals surface area contributed by atoms with Gasteiger partial charge in [-0.05, 0) is 73.6 Å². The van der Waals surface area contributed by atoms with E-state index in [1.807, 2.05) is 38.4 Å². The number of hydrogen-bond acceptors (Lipinski definition) is 8. The Hall–Kier alpha value is -3.63. The highest BCUT2D eigenvalue weighted by molar-refractivity contribution is 6.32. The number of amides is 1. The fourth-order valence-electron chi connectivity index (χ4n) is 4.51. The molecule has 4 rings (SSSR count). The van der Waals surface area contributed by atoms with Gasteiger partial charge in [0.1, 0.15) is 11.6 Å². The largest absolute Gasteiger partial charge is 0.756 e. The van der Waals surface area contributed by atoms with E-state index in [0.29, 0.717) is 51.3 Å². The number of hydrogen-bond donors (Lipinski definition) is 2. The average Bonchev–Trinajstić information content (AvgIpc) is 2.93. The van der Waals surface area contributed by atoms with Crippen LogP contribution in [0.1, 0.15) is 59.7 Å². The van der Waals surface area contributed by atoms with E-state index in [2.05, 4.69) is 41.3 Å². The molecule has 1 unspecified atom stereocenters. The molecule has 1 aromatic heterocycles. The highest BCUT2D eigenvalue weighted by Gasteiger charge is 2.27. The van der Waals surface area contributed by atoms with Gasteiger partial charge >= 0.3 is 0 Å². The number of pyridine rings is 1. The predicted molar refractivity (Wildman–Crippen MR) is 165 cm³/mol. The summed E-state index contributed by atoms with van der Waals surface area (Å²) in [4.78, 5) is 20.1. The lowest BCUT2D eigenvalue weighted by Crippen LogP contribution is -2.28. The highest BCUT2D eigenvalue weighted by Crippen LogP contribution is 2.40. The number of fused-ring (bicyclic) bond motifs is 1. The molecule has 0 aliphatic carbocycles. The van der Waals surface area contributed by atoms with Crippen LogP contribution in [0.25, 0.3) is 11.8 Å². The van der Waals surface area contributed by atoms with Gasteiger partial charge in [0.2, 0.25) is 0 Å². The van der Waals surface area contributed by atoms with Gasteiger partial charge in [0.25, 0.3) is 5.91 Å². The van der Waals surface area contributed by atoms with E-state index < -0.39 is 6.23 Å². The molecule has 2 aromatic carbocycles. The molecule has 1 aliphatic heterocycles. The second-order valence-electron chi connectivity index (χ2n) is 11.2. The summed E-state index contributed by atoms with van der Waals surface area (Å²) in [6, 6.07) is 14.4. The molecule has 9 nitrogen and oxygen atoms in total. The Morgan fingerprint density at radius 1 is 1.12 bits per heavy atom. The van der Waals surface area contributed by atoms with Crippen molar-refractivity contribution in [1.29, 1.82) is 0 Å². The van der Waals surface area contributed by atoms with E-state index in [1.54, 1.807) is 30.3 Å². The van der Waals surface area contributed by atoms with Crippen LogP contribution in [0.4, 0.5) is 11.5 Å². The third-order valence-electron chi connectivity index (χ3n) is 6.83. The van der Waals surface area contributed by atoms with Crippen LogP contribution >= 0.6 is 11.6 Å². The van der Waals surface area contributed by atoms with E-state index in [0.717, 1.165) is 22.7 Å². The number of rotatable bonds is 9. The zero-order valence-electron chi connectivity index (χ0n) is 24.5. The smallest absolute Gasteiger partial charge is 0.259 e. The number of aromatic nitrogens is 1. The fraction of sp³-hybridized carbons (Fsp3) is 0.355.